The highest BCUT2D eigenvalue weighted by atomic mass is 19.1. The number of aromatic amines is 1. The Morgan fingerprint density at radius 1 is 1.27 bits per heavy atom. The molecule has 2 heterocycles. The quantitative estimate of drug-likeness (QED) is 0.565. The van der Waals surface area contributed by atoms with E-state index in [1.165, 1.54) is 12.1 Å². The van der Waals surface area contributed by atoms with Crippen molar-refractivity contribution < 1.29 is 18.7 Å². The molecule has 0 radical (unpaired) electrons. The Morgan fingerprint density at radius 3 is 2.80 bits per heavy atom. The van der Waals surface area contributed by atoms with Crippen LogP contribution in [0, 0.1) is 11.2 Å². The molecule has 0 fully saturated rings. The average Bonchev–Trinajstić information content (AvgIpc) is 3.18. The molecule has 1 aliphatic carbocycles. The second-order valence-corrected chi connectivity index (χ2v) is 7.86. The number of H-pyrrole nitrogens is 1. The smallest absolute Gasteiger partial charge is 0.312 e. The highest BCUT2D eigenvalue weighted by Crippen LogP contribution is 2.41. The van der Waals surface area contributed by atoms with Gasteiger partial charge >= 0.3 is 5.97 Å². The zero-order chi connectivity index (χ0) is 21.3. The van der Waals surface area contributed by atoms with Crippen molar-refractivity contribution in [3.05, 3.63) is 54.1 Å². The molecule has 1 unspecified atom stereocenters. The molecule has 1 N–H and O–H groups in total. The van der Waals surface area contributed by atoms with Crippen molar-refractivity contribution in [1.82, 2.24) is 9.97 Å². The first-order chi connectivity index (χ1) is 14.4. The summed E-state index contributed by atoms with van der Waals surface area (Å²) in [5.41, 5.74) is 3.89. The van der Waals surface area contributed by atoms with E-state index in [-0.39, 0.29) is 11.8 Å². The highest BCUT2D eigenvalue weighted by Gasteiger charge is 2.36. The lowest BCUT2D eigenvalue weighted by atomic mass is 9.76. The van der Waals surface area contributed by atoms with Gasteiger partial charge in [0.15, 0.2) is 0 Å². The Labute approximate surface area is 174 Å². The van der Waals surface area contributed by atoms with Crippen LogP contribution in [0.2, 0.25) is 0 Å². The molecule has 0 bridgehead atoms. The average molecular weight is 408 g/mol. The SMILES string of the molecule is CCOC(=O)C1(C)CC=C(c2cc3c(-c4cc(F)ccc4OC)ccnc3[nH]2)CC1. The minimum Gasteiger partial charge on any atom is -0.496 e. The van der Waals surface area contributed by atoms with Gasteiger partial charge in [0.05, 0.1) is 19.1 Å². The van der Waals surface area contributed by atoms with Gasteiger partial charge in [0.2, 0.25) is 0 Å². The predicted octanol–water partition coefficient (Wildman–Crippen LogP) is 5.51. The van der Waals surface area contributed by atoms with Crippen LogP contribution in [-0.2, 0) is 9.53 Å². The summed E-state index contributed by atoms with van der Waals surface area (Å²) < 4.78 is 24.6. The van der Waals surface area contributed by atoms with Crippen molar-refractivity contribution >= 4 is 22.6 Å². The minimum absolute atomic E-state index is 0.140. The van der Waals surface area contributed by atoms with Crippen LogP contribution in [0.15, 0.2) is 42.6 Å². The summed E-state index contributed by atoms with van der Waals surface area (Å²) in [6, 6.07) is 8.40. The highest BCUT2D eigenvalue weighted by molar-refractivity contribution is 5.96. The van der Waals surface area contributed by atoms with Gasteiger partial charge in [0, 0.05) is 22.8 Å². The Hall–Kier alpha value is -3.15. The number of hydrogen-bond donors (Lipinski definition) is 1. The van der Waals surface area contributed by atoms with Crippen LogP contribution in [0.3, 0.4) is 0 Å². The van der Waals surface area contributed by atoms with E-state index >= 15 is 0 Å². The monoisotopic (exact) mass is 408 g/mol. The summed E-state index contributed by atoms with van der Waals surface area (Å²) in [7, 11) is 1.57. The maximum atomic E-state index is 13.9. The Bertz CT molecular complexity index is 1130. The topological polar surface area (TPSA) is 64.2 Å². The fourth-order valence-electron chi connectivity index (χ4n) is 4.02. The lowest BCUT2D eigenvalue weighted by molar-refractivity contribution is -0.154. The fourth-order valence-corrected chi connectivity index (χ4v) is 4.02. The molecular weight excluding hydrogens is 383 g/mol. The van der Waals surface area contributed by atoms with E-state index < -0.39 is 5.41 Å². The largest absolute Gasteiger partial charge is 0.496 e. The number of fused-ring (bicyclic) bond motifs is 1. The number of aromatic nitrogens is 2. The standard InChI is InChI=1S/C24H25FN2O3/c1-4-30-23(28)24(2)10-7-15(8-11-24)20-14-19-17(9-12-26-22(19)27-20)18-13-16(25)5-6-21(18)29-3/h5-7,9,12-14H,4,8,10-11H2,1-3H3,(H,26,27). The first kappa shape index (κ1) is 20.1. The summed E-state index contributed by atoms with van der Waals surface area (Å²) in [5.74, 6) is 0.146. The molecule has 30 heavy (non-hydrogen) atoms. The van der Waals surface area contributed by atoms with Crippen molar-refractivity contribution in [1.29, 1.82) is 0 Å². The van der Waals surface area contributed by atoms with Crippen LogP contribution in [0.1, 0.15) is 38.8 Å². The number of rotatable bonds is 5. The molecule has 0 amide bonds. The Morgan fingerprint density at radius 2 is 2.10 bits per heavy atom. The van der Waals surface area contributed by atoms with E-state index in [2.05, 4.69) is 16.0 Å². The number of carbonyl (C=O) groups excluding carboxylic acids is 1. The van der Waals surface area contributed by atoms with E-state index in [0.717, 1.165) is 40.7 Å². The van der Waals surface area contributed by atoms with E-state index in [1.807, 2.05) is 26.0 Å². The van der Waals surface area contributed by atoms with E-state index in [0.29, 0.717) is 24.3 Å². The number of carbonyl (C=O) groups is 1. The number of methoxy groups -OCH3 is 1. The lowest BCUT2D eigenvalue weighted by Gasteiger charge is -2.30. The molecule has 2 aromatic heterocycles. The van der Waals surface area contributed by atoms with Crippen molar-refractivity contribution in [2.75, 3.05) is 13.7 Å². The lowest BCUT2D eigenvalue weighted by Crippen LogP contribution is -2.31. The number of nitrogens with one attached hydrogen (secondary N) is 1. The summed E-state index contributed by atoms with van der Waals surface area (Å²) in [4.78, 5) is 20.1. The molecular formula is C24H25FN2O3. The van der Waals surface area contributed by atoms with Gasteiger partial charge in [0.1, 0.15) is 17.2 Å². The molecule has 5 nitrogen and oxygen atoms in total. The van der Waals surface area contributed by atoms with Gasteiger partial charge in [-0.05, 0) is 74.6 Å². The molecule has 1 atom stereocenters. The van der Waals surface area contributed by atoms with Gasteiger partial charge in [-0.25, -0.2) is 9.37 Å². The molecule has 1 aliphatic rings. The summed E-state index contributed by atoms with van der Waals surface area (Å²) in [6.45, 7) is 4.18. The van der Waals surface area contributed by atoms with Gasteiger partial charge < -0.3 is 14.5 Å². The van der Waals surface area contributed by atoms with E-state index in [1.54, 1.807) is 19.4 Å². The first-order valence-corrected chi connectivity index (χ1v) is 10.1. The third kappa shape index (κ3) is 3.58. The number of nitrogens with zero attached hydrogens (tertiary/aromatic N) is 1. The van der Waals surface area contributed by atoms with Gasteiger partial charge in [0.25, 0.3) is 0 Å². The first-order valence-electron chi connectivity index (χ1n) is 10.1. The number of benzene rings is 1. The molecule has 6 heteroatoms. The van der Waals surface area contributed by atoms with Crippen LogP contribution < -0.4 is 4.74 Å². The van der Waals surface area contributed by atoms with Gasteiger partial charge in [-0.1, -0.05) is 6.08 Å². The molecule has 1 aromatic carbocycles. The van der Waals surface area contributed by atoms with Gasteiger partial charge in [-0.3, -0.25) is 4.79 Å². The maximum absolute atomic E-state index is 13.9. The predicted molar refractivity (Wildman–Crippen MR) is 115 cm³/mol. The van der Waals surface area contributed by atoms with Crippen LogP contribution >= 0.6 is 0 Å². The van der Waals surface area contributed by atoms with Gasteiger partial charge in [-0.15, -0.1) is 0 Å². The van der Waals surface area contributed by atoms with Crippen molar-refractivity contribution in [2.24, 2.45) is 5.41 Å². The van der Waals surface area contributed by atoms with Crippen molar-refractivity contribution in [2.45, 2.75) is 33.1 Å². The Kier molecular flexibility index (Phi) is 5.33. The number of esters is 1. The maximum Gasteiger partial charge on any atom is 0.312 e. The fraction of sp³-hybridized carbons (Fsp3) is 0.333. The van der Waals surface area contributed by atoms with Crippen LogP contribution in [0.4, 0.5) is 4.39 Å². The normalized spacial score (nSPS) is 18.9. The molecule has 0 saturated heterocycles. The zero-order valence-corrected chi connectivity index (χ0v) is 17.4. The molecule has 0 aliphatic heterocycles. The third-order valence-electron chi connectivity index (χ3n) is 5.84. The zero-order valence-electron chi connectivity index (χ0n) is 17.4. The van der Waals surface area contributed by atoms with Crippen molar-refractivity contribution in [3.8, 4) is 16.9 Å². The molecule has 4 rings (SSSR count). The summed E-state index contributed by atoms with van der Waals surface area (Å²) >= 11 is 0. The molecule has 156 valence electrons. The number of halogens is 1. The molecule has 0 saturated carbocycles. The second-order valence-electron chi connectivity index (χ2n) is 7.86. The van der Waals surface area contributed by atoms with E-state index in [4.69, 9.17) is 9.47 Å². The summed E-state index contributed by atoms with van der Waals surface area (Å²) in [5, 5.41) is 0.899. The summed E-state index contributed by atoms with van der Waals surface area (Å²) in [6.07, 6.45) is 5.93. The number of hydrogen-bond acceptors (Lipinski definition) is 4. The molecule has 3 aromatic rings. The second kappa shape index (κ2) is 7.94. The Balaban J connectivity index is 1.71. The van der Waals surface area contributed by atoms with Crippen LogP contribution in [-0.4, -0.2) is 29.7 Å². The van der Waals surface area contributed by atoms with Gasteiger partial charge in [-0.2, -0.15) is 0 Å². The number of ether oxygens (including phenoxy) is 2. The number of allylic oxidation sites excluding steroid dienone is 2. The third-order valence-corrected chi connectivity index (χ3v) is 5.84. The van der Waals surface area contributed by atoms with Crippen LogP contribution in [0.5, 0.6) is 5.75 Å². The minimum atomic E-state index is -0.482. The molecule has 0 spiro atoms. The van der Waals surface area contributed by atoms with E-state index in [9.17, 15) is 9.18 Å². The number of pyridine rings is 1. The van der Waals surface area contributed by atoms with Crippen molar-refractivity contribution in [3.63, 3.8) is 0 Å². The van der Waals surface area contributed by atoms with Crippen LogP contribution in [0.25, 0.3) is 27.7 Å².